The van der Waals surface area contributed by atoms with Gasteiger partial charge in [0.25, 0.3) is 0 Å². The van der Waals surface area contributed by atoms with Crippen molar-refractivity contribution in [3.05, 3.63) is 278 Å². The van der Waals surface area contributed by atoms with Crippen molar-refractivity contribution in [1.29, 1.82) is 0 Å². The Kier molecular flexibility index (Phi) is 9.91. The number of hydrogen-bond donors (Lipinski definition) is 0. The first-order valence-electron chi connectivity index (χ1n) is 25.4. The number of benzene rings is 13. The van der Waals surface area contributed by atoms with Crippen LogP contribution in [0.4, 0.5) is 34.1 Å². The second-order valence-electron chi connectivity index (χ2n) is 20.1. The fraction of sp³-hybridized carbons (Fsp3) is 0.0423. The highest BCUT2D eigenvalue weighted by atomic mass is 15.1. The van der Waals surface area contributed by atoms with E-state index in [1.54, 1.807) is 0 Å². The van der Waals surface area contributed by atoms with Crippen molar-refractivity contribution in [2.45, 2.75) is 19.3 Å². The first-order chi connectivity index (χ1) is 36.0. The Morgan fingerprint density at radius 3 is 1.32 bits per heavy atom. The molecule has 0 unspecified atom stereocenters. The average molecular weight is 931 g/mol. The first-order valence-corrected chi connectivity index (χ1v) is 25.4. The number of para-hydroxylation sites is 3. The van der Waals surface area contributed by atoms with E-state index in [-0.39, 0.29) is 5.41 Å². The Labute approximate surface area is 426 Å². The molecule has 1 aliphatic carbocycles. The summed E-state index contributed by atoms with van der Waals surface area (Å²) in [7, 11) is 0. The SMILES string of the molecule is CC1(C)c2ccccc2-c2cc(N(c3ccccc3)c3ccc4c(-c5ccc6ccccc6c5)c5cc(N(c6ccccc6)c6ccccc6)ccc5c(-c5ccc6c(ccc7ccccc76)c5)c4c3)ccc21. The van der Waals surface area contributed by atoms with E-state index in [2.05, 4.69) is 291 Å². The van der Waals surface area contributed by atoms with Crippen LogP contribution in [0.3, 0.4) is 0 Å². The normalized spacial score (nSPS) is 12.6. The van der Waals surface area contributed by atoms with E-state index < -0.39 is 0 Å². The Hall–Kier alpha value is -9.24. The molecular formula is C71H50N2. The topological polar surface area (TPSA) is 6.48 Å². The van der Waals surface area contributed by atoms with E-state index in [1.165, 1.54) is 98.4 Å². The summed E-state index contributed by atoms with van der Waals surface area (Å²) >= 11 is 0. The van der Waals surface area contributed by atoms with E-state index in [4.69, 9.17) is 0 Å². The maximum absolute atomic E-state index is 2.46. The van der Waals surface area contributed by atoms with E-state index in [0.717, 1.165) is 34.1 Å². The molecule has 0 atom stereocenters. The van der Waals surface area contributed by atoms with Crippen molar-refractivity contribution in [3.8, 4) is 33.4 Å². The molecule has 0 spiro atoms. The lowest BCUT2D eigenvalue weighted by Gasteiger charge is -2.29. The van der Waals surface area contributed by atoms with Crippen LogP contribution >= 0.6 is 0 Å². The quantitative estimate of drug-likeness (QED) is 0.111. The molecule has 0 amide bonds. The Morgan fingerprint density at radius 2 is 0.671 bits per heavy atom. The van der Waals surface area contributed by atoms with Gasteiger partial charge in [-0.25, -0.2) is 0 Å². The van der Waals surface area contributed by atoms with Crippen LogP contribution in [0.1, 0.15) is 25.0 Å². The van der Waals surface area contributed by atoms with Gasteiger partial charge >= 0.3 is 0 Å². The molecule has 0 aromatic heterocycles. The third kappa shape index (κ3) is 7.01. The molecule has 0 radical (unpaired) electrons. The lowest BCUT2D eigenvalue weighted by molar-refractivity contribution is 0.660. The summed E-state index contributed by atoms with van der Waals surface area (Å²) in [6, 6.07) is 98.9. The lowest BCUT2D eigenvalue weighted by atomic mass is 9.82. The zero-order chi connectivity index (χ0) is 48.6. The van der Waals surface area contributed by atoms with Gasteiger partial charge in [0.1, 0.15) is 0 Å². The molecule has 0 aliphatic heterocycles. The van der Waals surface area contributed by atoms with Crippen LogP contribution in [0.5, 0.6) is 0 Å². The largest absolute Gasteiger partial charge is 0.310 e. The molecule has 13 aromatic carbocycles. The minimum Gasteiger partial charge on any atom is -0.310 e. The lowest BCUT2D eigenvalue weighted by Crippen LogP contribution is -2.15. The summed E-state index contributed by atoms with van der Waals surface area (Å²) in [6.07, 6.45) is 0. The van der Waals surface area contributed by atoms with Crippen LogP contribution < -0.4 is 9.80 Å². The van der Waals surface area contributed by atoms with Crippen molar-refractivity contribution in [1.82, 2.24) is 0 Å². The van der Waals surface area contributed by atoms with Crippen LogP contribution in [0.2, 0.25) is 0 Å². The molecule has 2 nitrogen and oxygen atoms in total. The van der Waals surface area contributed by atoms with Crippen molar-refractivity contribution in [2.24, 2.45) is 0 Å². The minimum atomic E-state index is -0.0919. The number of anilines is 6. The Bertz CT molecular complexity index is 4250. The standard InChI is InChI=1S/C71H50N2/c1-71(2)67-29-17-16-28-61(67)64-44-58(37-41-68(64)71)73(55-25-10-5-11-26-55)57-36-40-62-66(46-57)70(52-34-38-60-50(43-52)32-31-48-19-14-15-27-59(48)60)63-39-35-56(72(53-21-6-3-7-22-53)54-23-8-4-9-24-54)45-65(63)69(62)51-33-30-47-18-12-13-20-49(47)42-51/h3-46H,1-2H3. The third-order valence-corrected chi connectivity index (χ3v) is 15.5. The predicted octanol–water partition coefficient (Wildman–Crippen LogP) is 20.0. The molecule has 0 heterocycles. The number of fused-ring (bicyclic) bond motifs is 9. The third-order valence-electron chi connectivity index (χ3n) is 15.5. The van der Waals surface area contributed by atoms with Gasteiger partial charge in [0.2, 0.25) is 0 Å². The molecule has 14 rings (SSSR count). The smallest absolute Gasteiger partial charge is 0.0468 e. The monoisotopic (exact) mass is 930 g/mol. The highest BCUT2D eigenvalue weighted by molar-refractivity contribution is 6.24. The first kappa shape index (κ1) is 42.6. The Morgan fingerprint density at radius 1 is 0.247 bits per heavy atom. The molecule has 0 N–H and O–H groups in total. The minimum absolute atomic E-state index is 0.0919. The fourth-order valence-corrected chi connectivity index (χ4v) is 12.1. The number of hydrogen-bond acceptors (Lipinski definition) is 2. The summed E-state index contributed by atoms with van der Waals surface area (Å²) < 4.78 is 0. The van der Waals surface area contributed by atoms with Gasteiger partial charge in [0.15, 0.2) is 0 Å². The summed E-state index contributed by atoms with van der Waals surface area (Å²) in [5.41, 5.74) is 16.7. The summed E-state index contributed by atoms with van der Waals surface area (Å²) in [6.45, 7) is 4.71. The molecule has 344 valence electrons. The molecule has 0 fully saturated rings. The highest BCUT2D eigenvalue weighted by Gasteiger charge is 2.35. The van der Waals surface area contributed by atoms with Crippen molar-refractivity contribution in [2.75, 3.05) is 9.80 Å². The summed E-state index contributed by atoms with van der Waals surface area (Å²) in [5.74, 6) is 0. The Balaban J connectivity index is 1.08. The van der Waals surface area contributed by atoms with Crippen molar-refractivity contribution in [3.63, 3.8) is 0 Å². The van der Waals surface area contributed by atoms with E-state index in [1.807, 2.05) is 0 Å². The molecule has 0 saturated carbocycles. The molecule has 0 bridgehead atoms. The predicted molar refractivity (Wildman–Crippen MR) is 312 cm³/mol. The molecular weight excluding hydrogens is 881 g/mol. The van der Waals surface area contributed by atoms with E-state index in [9.17, 15) is 0 Å². The van der Waals surface area contributed by atoms with Crippen molar-refractivity contribution < 1.29 is 0 Å². The molecule has 13 aromatic rings. The van der Waals surface area contributed by atoms with Crippen LogP contribution in [-0.4, -0.2) is 0 Å². The van der Waals surface area contributed by atoms with Gasteiger partial charge in [-0.15, -0.1) is 0 Å². The van der Waals surface area contributed by atoms with Crippen molar-refractivity contribution >= 4 is 88.0 Å². The maximum atomic E-state index is 2.46. The van der Waals surface area contributed by atoms with Gasteiger partial charge in [0, 0.05) is 39.5 Å². The van der Waals surface area contributed by atoms with Gasteiger partial charge in [-0.2, -0.15) is 0 Å². The van der Waals surface area contributed by atoms with Gasteiger partial charge in [-0.05, 0) is 183 Å². The van der Waals surface area contributed by atoms with Crippen LogP contribution in [0.15, 0.2) is 267 Å². The second-order valence-corrected chi connectivity index (χ2v) is 20.1. The maximum Gasteiger partial charge on any atom is 0.0468 e. The molecule has 1 aliphatic rings. The van der Waals surface area contributed by atoms with E-state index in [0.29, 0.717) is 0 Å². The van der Waals surface area contributed by atoms with Gasteiger partial charge in [-0.3, -0.25) is 0 Å². The zero-order valence-electron chi connectivity index (χ0n) is 40.8. The summed E-state index contributed by atoms with van der Waals surface area (Å²) in [5, 5.41) is 12.2. The number of rotatable bonds is 8. The van der Waals surface area contributed by atoms with Crippen LogP contribution in [0, 0.1) is 0 Å². The summed E-state index contributed by atoms with van der Waals surface area (Å²) in [4.78, 5) is 4.83. The molecule has 0 saturated heterocycles. The average Bonchev–Trinajstić information content (AvgIpc) is 3.67. The van der Waals surface area contributed by atoms with Gasteiger partial charge in [-0.1, -0.05) is 196 Å². The number of nitrogens with zero attached hydrogens (tertiary/aromatic N) is 2. The van der Waals surface area contributed by atoms with E-state index >= 15 is 0 Å². The zero-order valence-corrected chi connectivity index (χ0v) is 40.8. The fourth-order valence-electron chi connectivity index (χ4n) is 12.1. The van der Waals surface area contributed by atoms with Crippen LogP contribution in [0.25, 0.3) is 87.2 Å². The molecule has 73 heavy (non-hydrogen) atoms. The second kappa shape index (κ2) is 17.0. The van der Waals surface area contributed by atoms with Gasteiger partial charge < -0.3 is 9.80 Å². The van der Waals surface area contributed by atoms with Crippen LogP contribution in [-0.2, 0) is 5.41 Å². The van der Waals surface area contributed by atoms with Gasteiger partial charge in [0.05, 0.1) is 0 Å². The molecule has 2 heteroatoms. The highest BCUT2D eigenvalue weighted by Crippen LogP contribution is 2.52.